The molecule has 0 spiro atoms. The molecule has 0 N–H and O–H groups in total. The molecule has 4 rings (SSSR count). The summed E-state index contributed by atoms with van der Waals surface area (Å²) in [6.45, 7) is 5.99. The number of hydrogen-bond acceptors (Lipinski definition) is 9. The fraction of sp³-hybridized carbons (Fsp3) is 0.520. The van der Waals surface area contributed by atoms with Crippen LogP contribution in [0.25, 0.3) is 5.69 Å². The van der Waals surface area contributed by atoms with Gasteiger partial charge in [-0.05, 0) is 45.2 Å². The van der Waals surface area contributed by atoms with Crippen LogP contribution in [-0.2, 0) is 20.3 Å². The molecule has 10 nitrogen and oxygen atoms in total. The Morgan fingerprint density at radius 3 is 2.39 bits per heavy atom. The lowest BCUT2D eigenvalue weighted by Crippen LogP contribution is -2.27. The summed E-state index contributed by atoms with van der Waals surface area (Å²) in [7, 11) is -0.556. The number of aryl methyl sites for hydroxylation is 1. The van der Waals surface area contributed by atoms with Crippen molar-refractivity contribution in [2.24, 2.45) is 0 Å². The molecule has 3 aromatic rings. The van der Waals surface area contributed by atoms with E-state index in [4.69, 9.17) is 14.2 Å². The summed E-state index contributed by atoms with van der Waals surface area (Å²) < 4.78 is 46.3. The number of rotatable bonds is 9. The molecule has 1 aromatic carbocycles. The molecule has 0 amide bonds. The van der Waals surface area contributed by atoms with E-state index in [2.05, 4.69) is 20.2 Å². The van der Waals surface area contributed by atoms with Gasteiger partial charge in [0.2, 0.25) is 0 Å². The van der Waals surface area contributed by atoms with E-state index in [0.29, 0.717) is 35.3 Å². The van der Waals surface area contributed by atoms with Gasteiger partial charge in [-0.1, -0.05) is 13.0 Å². The molecule has 36 heavy (non-hydrogen) atoms. The van der Waals surface area contributed by atoms with E-state index < -0.39 is 15.1 Å². The molecule has 1 aliphatic rings. The standard InChI is InChI=1S/C25H33N5O5S/c1-16-13-27-19(14-26-16)17(2)18(3)36(31,32)15-23-28-29-25(22-9-6-7-12-35-22)30(23)24-20(33-4)10-8-11-21(24)34-5/h8,10-11,13-14,17-18,22H,6-7,9,12,15H2,1-5H3/t17-,18-,22-/m0/s1. The van der Waals surface area contributed by atoms with Gasteiger partial charge in [0.05, 0.1) is 30.9 Å². The third kappa shape index (κ3) is 5.22. The predicted octanol–water partition coefficient (Wildman–Crippen LogP) is 3.73. The van der Waals surface area contributed by atoms with Crippen molar-refractivity contribution in [1.29, 1.82) is 0 Å². The van der Waals surface area contributed by atoms with Crippen molar-refractivity contribution in [2.75, 3.05) is 20.8 Å². The van der Waals surface area contributed by atoms with Gasteiger partial charge in [0.15, 0.2) is 21.5 Å². The lowest BCUT2D eigenvalue weighted by Gasteiger charge is -2.24. The summed E-state index contributed by atoms with van der Waals surface area (Å²) in [6.07, 6.45) is 5.69. The van der Waals surface area contributed by atoms with Crippen LogP contribution in [0.3, 0.4) is 0 Å². The van der Waals surface area contributed by atoms with Gasteiger partial charge >= 0.3 is 0 Å². The Bertz CT molecular complexity index is 1260. The summed E-state index contributed by atoms with van der Waals surface area (Å²) in [5.41, 5.74) is 1.95. The third-order valence-corrected chi connectivity index (χ3v) is 8.92. The number of para-hydroxylation sites is 1. The van der Waals surface area contributed by atoms with E-state index in [9.17, 15) is 8.42 Å². The largest absolute Gasteiger partial charge is 0.494 e. The average molecular weight is 516 g/mol. The Morgan fingerprint density at radius 2 is 1.81 bits per heavy atom. The molecule has 2 aromatic heterocycles. The van der Waals surface area contributed by atoms with Gasteiger partial charge in [0.25, 0.3) is 0 Å². The van der Waals surface area contributed by atoms with Crippen LogP contribution in [0.5, 0.6) is 11.5 Å². The lowest BCUT2D eigenvalue weighted by molar-refractivity contribution is 0.00828. The zero-order valence-electron chi connectivity index (χ0n) is 21.3. The van der Waals surface area contributed by atoms with Crippen LogP contribution in [0.4, 0.5) is 0 Å². The van der Waals surface area contributed by atoms with Gasteiger partial charge in [0.1, 0.15) is 29.0 Å². The molecule has 0 radical (unpaired) electrons. The molecule has 3 heterocycles. The van der Waals surface area contributed by atoms with Gasteiger partial charge in [-0.15, -0.1) is 10.2 Å². The molecule has 0 bridgehead atoms. The van der Waals surface area contributed by atoms with Gasteiger partial charge in [-0.2, -0.15) is 0 Å². The second-order valence-corrected chi connectivity index (χ2v) is 11.4. The van der Waals surface area contributed by atoms with Crippen LogP contribution in [0.15, 0.2) is 30.6 Å². The Labute approximate surface area is 212 Å². The van der Waals surface area contributed by atoms with Crippen LogP contribution in [-0.4, -0.2) is 59.2 Å². The highest BCUT2D eigenvalue weighted by molar-refractivity contribution is 7.91. The first-order valence-corrected chi connectivity index (χ1v) is 13.8. The van der Waals surface area contributed by atoms with Crippen molar-refractivity contribution in [2.45, 2.75) is 63.1 Å². The summed E-state index contributed by atoms with van der Waals surface area (Å²) in [4.78, 5) is 8.66. The number of ether oxygens (including phenoxy) is 3. The van der Waals surface area contributed by atoms with E-state index in [0.717, 1.165) is 25.0 Å². The summed E-state index contributed by atoms with van der Waals surface area (Å²) in [5, 5.41) is 8.03. The van der Waals surface area contributed by atoms with Crippen LogP contribution < -0.4 is 9.47 Å². The van der Waals surface area contributed by atoms with Crippen LogP contribution in [0, 0.1) is 6.92 Å². The molecule has 0 aliphatic carbocycles. The quantitative estimate of drug-likeness (QED) is 0.420. The molecule has 0 saturated carbocycles. The maximum Gasteiger partial charge on any atom is 0.167 e. The third-order valence-electron chi connectivity index (χ3n) is 6.72. The summed E-state index contributed by atoms with van der Waals surface area (Å²) in [6, 6.07) is 5.40. The molecular weight excluding hydrogens is 482 g/mol. The maximum atomic E-state index is 13.6. The maximum absolute atomic E-state index is 13.6. The van der Waals surface area contributed by atoms with Crippen molar-refractivity contribution < 1.29 is 22.6 Å². The van der Waals surface area contributed by atoms with Crippen LogP contribution in [0.2, 0.25) is 0 Å². The smallest absolute Gasteiger partial charge is 0.167 e. The molecular formula is C25H33N5O5S. The monoisotopic (exact) mass is 515 g/mol. The predicted molar refractivity (Wildman–Crippen MR) is 134 cm³/mol. The van der Waals surface area contributed by atoms with E-state index >= 15 is 0 Å². The first kappa shape index (κ1) is 26.0. The zero-order valence-corrected chi connectivity index (χ0v) is 22.2. The van der Waals surface area contributed by atoms with E-state index in [-0.39, 0.29) is 23.6 Å². The average Bonchev–Trinajstić information content (AvgIpc) is 3.30. The second kappa shape index (κ2) is 10.9. The Balaban J connectivity index is 1.77. The molecule has 11 heteroatoms. The van der Waals surface area contributed by atoms with Crippen molar-refractivity contribution in [1.82, 2.24) is 24.7 Å². The molecule has 1 saturated heterocycles. The molecule has 194 valence electrons. The number of benzene rings is 1. The Hall–Kier alpha value is -3.05. The minimum Gasteiger partial charge on any atom is -0.494 e. The van der Waals surface area contributed by atoms with Crippen LogP contribution >= 0.6 is 0 Å². The first-order valence-electron chi connectivity index (χ1n) is 12.0. The number of methoxy groups -OCH3 is 2. The van der Waals surface area contributed by atoms with E-state index in [1.54, 1.807) is 50.2 Å². The molecule has 3 atom stereocenters. The van der Waals surface area contributed by atoms with Crippen molar-refractivity contribution >= 4 is 9.84 Å². The minimum absolute atomic E-state index is 0.274. The normalized spacial score (nSPS) is 18.0. The summed E-state index contributed by atoms with van der Waals surface area (Å²) in [5.74, 6) is 1.16. The molecule has 1 aliphatic heterocycles. The second-order valence-electron chi connectivity index (χ2n) is 9.06. The van der Waals surface area contributed by atoms with Crippen molar-refractivity contribution in [3.8, 4) is 17.2 Å². The number of nitrogens with zero attached hydrogens (tertiary/aromatic N) is 5. The molecule has 0 unspecified atom stereocenters. The van der Waals surface area contributed by atoms with Crippen LogP contribution in [0.1, 0.15) is 68.2 Å². The summed E-state index contributed by atoms with van der Waals surface area (Å²) >= 11 is 0. The molecule has 1 fully saturated rings. The van der Waals surface area contributed by atoms with E-state index in [1.165, 1.54) is 0 Å². The first-order chi connectivity index (χ1) is 17.3. The van der Waals surface area contributed by atoms with Gasteiger partial charge in [0, 0.05) is 24.9 Å². The highest BCUT2D eigenvalue weighted by Gasteiger charge is 2.34. The van der Waals surface area contributed by atoms with E-state index in [1.807, 2.05) is 19.9 Å². The van der Waals surface area contributed by atoms with Gasteiger partial charge < -0.3 is 14.2 Å². The minimum atomic E-state index is -3.67. The van der Waals surface area contributed by atoms with Crippen molar-refractivity contribution in [3.63, 3.8) is 0 Å². The highest BCUT2D eigenvalue weighted by Crippen LogP contribution is 2.38. The zero-order chi connectivity index (χ0) is 25.9. The number of aromatic nitrogens is 5. The van der Waals surface area contributed by atoms with Gasteiger partial charge in [-0.25, -0.2) is 8.42 Å². The highest BCUT2D eigenvalue weighted by atomic mass is 32.2. The number of sulfone groups is 1. The van der Waals surface area contributed by atoms with Crippen molar-refractivity contribution in [3.05, 3.63) is 53.6 Å². The SMILES string of the molecule is COc1cccc(OC)c1-n1c(CS(=O)(=O)[C@@H](C)[C@H](C)c2cnc(C)cn2)nnc1[C@@H]1CCCCO1. The Kier molecular flexibility index (Phi) is 7.89. The topological polar surface area (TPSA) is 118 Å². The fourth-order valence-corrected chi connectivity index (χ4v) is 5.94. The fourth-order valence-electron chi connectivity index (χ4n) is 4.37. The lowest BCUT2D eigenvalue weighted by atomic mass is 10.1. The number of hydrogen-bond donors (Lipinski definition) is 0. The Morgan fingerprint density at radius 1 is 1.08 bits per heavy atom. The van der Waals surface area contributed by atoms with Gasteiger partial charge in [-0.3, -0.25) is 14.5 Å².